The van der Waals surface area contributed by atoms with Crippen LogP contribution in [0, 0.1) is 11.3 Å². The Morgan fingerprint density at radius 3 is 2.67 bits per heavy atom. The summed E-state index contributed by atoms with van der Waals surface area (Å²) < 4.78 is 0. The minimum atomic E-state index is 0.366. The highest BCUT2D eigenvalue weighted by atomic mass is 15.0. The van der Waals surface area contributed by atoms with Crippen molar-refractivity contribution in [2.24, 2.45) is 0 Å². The van der Waals surface area contributed by atoms with E-state index in [2.05, 4.69) is 10.3 Å². The van der Waals surface area contributed by atoms with Crippen LogP contribution in [0.2, 0.25) is 0 Å². The monoisotopic (exact) mass is 161 g/mol. The van der Waals surface area contributed by atoms with Gasteiger partial charge in [0, 0.05) is 12.2 Å². The van der Waals surface area contributed by atoms with E-state index in [9.17, 15) is 0 Å². The van der Waals surface area contributed by atoms with E-state index in [1.807, 2.05) is 19.9 Å². The van der Waals surface area contributed by atoms with Gasteiger partial charge in [-0.25, -0.2) is 4.98 Å². The Morgan fingerprint density at radius 2 is 2.25 bits per heavy atom. The van der Waals surface area contributed by atoms with Gasteiger partial charge in [-0.1, -0.05) is 0 Å². The first kappa shape index (κ1) is 8.54. The molecule has 1 heterocycles. The summed E-state index contributed by atoms with van der Waals surface area (Å²) in [6.45, 7) is 4.08. The first-order valence-electron chi connectivity index (χ1n) is 3.85. The lowest BCUT2D eigenvalue weighted by Crippen LogP contribution is -2.10. The molecule has 0 aliphatic rings. The first-order valence-corrected chi connectivity index (χ1v) is 3.85. The predicted octanol–water partition coefficient (Wildman–Crippen LogP) is 1.77. The van der Waals surface area contributed by atoms with Gasteiger partial charge in [-0.05, 0) is 26.0 Å². The van der Waals surface area contributed by atoms with Crippen LogP contribution in [0.25, 0.3) is 0 Å². The summed E-state index contributed by atoms with van der Waals surface area (Å²) >= 11 is 0. The van der Waals surface area contributed by atoms with Crippen molar-refractivity contribution in [3.63, 3.8) is 0 Å². The topological polar surface area (TPSA) is 48.7 Å². The first-order chi connectivity index (χ1) is 5.72. The van der Waals surface area contributed by atoms with Crippen molar-refractivity contribution in [3.8, 4) is 6.07 Å². The molecule has 0 spiro atoms. The Labute approximate surface area is 72.1 Å². The number of nitrogens with one attached hydrogen (secondary N) is 1. The molecule has 62 valence electrons. The zero-order valence-corrected chi connectivity index (χ0v) is 7.20. The van der Waals surface area contributed by atoms with Gasteiger partial charge in [-0.2, -0.15) is 5.26 Å². The van der Waals surface area contributed by atoms with E-state index in [0.29, 0.717) is 11.6 Å². The van der Waals surface area contributed by atoms with Gasteiger partial charge in [0.2, 0.25) is 0 Å². The number of anilines is 1. The molecule has 3 nitrogen and oxygen atoms in total. The second kappa shape index (κ2) is 3.72. The molecular formula is C9H11N3. The number of pyridine rings is 1. The van der Waals surface area contributed by atoms with Crippen LogP contribution in [-0.2, 0) is 0 Å². The Bertz CT molecular complexity index is 282. The molecule has 1 aromatic rings. The Hall–Kier alpha value is -1.56. The van der Waals surface area contributed by atoms with Gasteiger partial charge in [-0.15, -0.1) is 0 Å². The number of rotatable bonds is 2. The molecule has 0 radical (unpaired) electrons. The van der Waals surface area contributed by atoms with Crippen LogP contribution in [0.3, 0.4) is 0 Å². The van der Waals surface area contributed by atoms with Crippen molar-refractivity contribution < 1.29 is 0 Å². The zero-order chi connectivity index (χ0) is 8.97. The minimum Gasteiger partial charge on any atom is -0.368 e. The smallest absolute Gasteiger partial charge is 0.126 e. The van der Waals surface area contributed by atoms with Gasteiger partial charge < -0.3 is 5.32 Å². The molecule has 1 rings (SSSR count). The fraction of sp³-hybridized carbons (Fsp3) is 0.333. The molecule has 0 aromatic carbocycles. The van der Waals surface area contributed by atoms with Gasteiger partial charge in [-0.3, -0.25) is 0 Å². The number of nitriles is 1. The lowest BCUT2D eigenvalue weighted by Gasteiger charge is -2.07. The van der Waals surface area contributed by atoms with Crippen molar-refractivity contribution in [1.29, 1.82) is 5.26 Å². The molecule has 0 aliphatic carbocycles. The molecule has 1 N–H and O–H groups in total. The molecule has 0 saturated carbocycles. The van der Waals surface area contributed by atoms with E-state index in [1.165, 1.54) is 0 Å². The molecule has 0 bridgehead atoms. The Morgan fingerprint density at radius 1 is 1.50 bits per heavy atom. The summed E-state index contributed by atoms with van der Waals surface area (Å²) in [4.78, 5) is 4.06. The van der Waals surface area contributed by atoms with E-state index in [-0.39, 0.29) is 0 Å². The highest BCUT2D eigenvalue weighted by molar-refractivity contribution is 5.39. The van der Waals surface area contributed by atoms with Crippen LogP contribution >= 0.6 is 0 Å². The van der Waals surface area contributed by atoms with Crippen LogP contribution in [-0.4, -0.2) is 11.0 Å². The third kappa shape index (κ3) is 2.24. The van der Waals surface area contributed by atoms with E-state index in [1.54, 1.807) is 18.3 Å². The molecule has 1 aromatic heterocycles. The summed E-state index contributed by atoms with van der Waals surface area (Å²) in [6, 6.07) is 5.94. The third-order valence-electron chi connectivity index (χ3n) is 1.33. The summed E-state index contributed by atoms with van der Waals surface area (Å²) in [5.74, 6) is 0.809. The standard InChI is InChI=1S/C9H11N3/c1-7(2)12-9-4-3-8(5-10)6-11-9/h3-4,6-7H,1-2H3,(H,11,12). The maximum Gasteiger partial charge on any atom is 0.126 e. The molecule has 3 heteroatoms. The highest BCUT2D eigenvalue weighted by Crippen LogP contribution is 2.04. The third-order valence-corrected chi connectivity index (χ3v) is 1.33. The van der Waals surface area contributed by atoms with E-state index in [0.717, 1.165) is 5.82 Å². The largest absolute Gasteiger partial charge is 0.368 e. The molecule has 0 fully saturated rings. The fourth-order valence-corrected chi connectivity index (χ4v) is 0.841. The lowest BCUT2D eigenvalue weighted by atomic mass is 10.3. The van der Waals surface area contributed by atoms with Crippen LogP contribution in [0.15, 0.2) is 18.3 Å². The molecule has 0 unspecified atom stereocenters. The predicted molar refractivity (Wildman–Crippen MR) is 47.7 cm³/mol. The van der Waals surface area contributed by atoms with Crippen LogP contribution < -0.4 is 5.32 Å². The van der Waals surface area contributed by atoms with Crippen molar-refractivity contribution in [2.45, 2.75) is 19.9 Å². The molecule has 0 saturated heterocycles. The fourth-order valence-electron chi connectivity index (χ4n) is 0.841. The molecule has 0 aliphatic heterocycles. The van der Waals surface area contributed by atoms with E-state index >= 15 is 0 Å². The van der Waals surface area contributed by atoms with Gasteiger partial charge in [0.15, 0.2) is 0 Å². The average molecular weight is 161 g/mol. The van der Waals surface area contributed by atoms with Crippen molar-refractivity contribution in [3.05, 3.63) is 23.9 Å². The van der Waals surface area contributed by atoms with Gasteiger partial charge in [0.1, 0.15) is 11.9 Å². The van der Waals surface area contributed by atoms with Crippen molar-refractivity contribution in [1.82, 2.24) is 4.98 Å². The summed E-state index contributed by atoms with van der Waals surface area (Å²) in [7, 11) is 0. The highest BCUT2D eigenvalue weighted by Gasteiger charge is 1.95. The summed E-state index contributed by atoms with van der Waals surface area (Å²) in [5, 5.41) is 11.6. The summed E-state index contributed by atoms with van der Waals surface area (Å²) in [6.07, 6.45) is 1.56. The maximum absolute atomic E-state index is 8.50. The van der Waals surface area contributed by atoms with Crippen LogP contribution in [0.4, 0.5) is 5.82 Å². The van der Waals surface area contributed by atoms with Crippen molar-refractivity contribution in [2.75, 3.05) is 5.32 Å². The quantitative estimate of drug-likeness (QED) is 0.719. The van der Waals surface area contributed by atoms with E-state index in [4.69, 9.17) is 5.26 Å². The molecule has 0 atom stereocenters. The zero-order valence-electron chi connectivity index (χ0n) is 7.20. The Kier molecular flexibility index (Phi) is 2.65. The number of nitrogens with zero attached hydrogens (tertiary/aromatic N) is 2. The lowest BCUT2D eigenvalue weighted by molar-refractivity contribution is 0.889. The second-order valence-corrected chi connectivity index (χ2v) is 2.84. The van der Waals surface area contributed by atoms with Crippen molar-refractivity contribution >= 4 is 5.82 Å². The number of hydrogen-bond acceptors (Lipinski definition) is 3. The van der Waals surface area contributed by atoms with Crippen LogP contribution in [0.5, 0.6) is 0 Å². The Balaban J connectivity index is 2.73. The molecular weight excluding hydrogens is 150 g/mol. The SMILES string of the molecule is CC(C)Nc1ccc(C#N)cn1. The second-order valence-electron chi connectivity index (χ2n) is 2.84. The van der Waals surface area contributed by atoms with Gasteiger partial charge in [0.25, 0.3) is 0 Å². The van der Waals surface area contributed by atoms with E-state index < -0.39 is 0 Å². The summed E-state index contributed by atoms with van der Waals surface area (Å²) in [5.41, 5.74) is 0.587. The minimum absolute atomic E-state index is 0.366. The normalized spacial score (nSPS) is 9.50. The van der Waals surface area contributed by atoms with Crippen LogP contribution in [0.1, 0.15) is 19.4 Å². The molecule has 0 amide bonds. The van der Waals surface area contributed by atoms with Gasteiger partial charge >= 0.3 is 0 Å². The van der Waals surface area contributed by atoms with Gasteiger partial charge in [0.05, 0.1) is 5.56 Å². The molecule has 12 heavy (non-hydrogen) atoms. The number of hydrogen-bond donors (Lipinski definition) is 1. The maximum atomic E-state index is 8.50. The number of aromatic nitrogens is 1. The average Bonchev–Trinajstić information content (AvgIpc) is 2.05.